The smallest absolute Gasteiger partial charge is 0.335 e. The van der Waals surface area contributed by atoms with Gasteiger partial charge in [-0.1, -0.05) is 49.6 Å². The molecule has 0 amide bonds. The van der Waals surface area contributed by atoms with Crippen LogP contribution in [-0.2, 0) is 6.42 Å². The first-order chi connectivity index (χ1) is 13.2. The number of rotatable bonds is 12. The van der Waals surface area contributed by atoms with E-state index in [4.69, 9.17) is 4.74 Å². The van der Waals surface area contributed by atoms with E-state index in [1.54, 1.807) is 24.5 Å². The summed E-state index contributed by atoms with van der Waals surface area (Å²) in [5, 5.41) is 9.41. The maximum Gasteiger partial charge on any atom is 0.335 e. The van der Waals surface area contributed by atoms with Crippen LogP contribution >= 0.6 is 0 Å². The molecule has 0 saturated heterocycles. The van der Waals surface area contributed by atoms with E-state index in [0.29, 0.717) is 24.2 Å². The van der Waals surface area contributed by atoms with Crippen molar-refractivity contribution in [2.24, 2.45) is 0 Å². The van der Waals surface area contributed by atoms with Crippen molar-refractivity contribution >= 4 is 5.97 Å². The number of aromatic carboxylic acids is 1. The highest BCUT2D eigenvalue weighted by molar-refractivity contribution is 5.89. The number of hydrogen-bond acceptors (Lipinski definition) is 2. The van der Waals surface area contributed by atoms with Gasteiger partial charge in [0, 0.05) is 0 Å². The van der Waals surface area contributed by atoms with E-state index in [1.807, 2.05) is 36.4 Å². The number of halogens is 1. The number of carboxylic acid groups (broad SMARTS) is 1. The van der Waals surface area contributed by atoms with Crippen molar-refractivity contribution in [2.45, 2.75) is 44.9 Å². The molecule has 0 aliphatic carbocycles. The molecule has 0 atom stereocenters. The minimum absolute atomic E-state index is 0.222. The lowest BCUT2D eigenvalue weighted by molar-refractivity contribution is 0.0696. The molecule has 0 aliphatic rings. The Balaban J connectivity index is 1.89. The molecule has 0 bridgehead atoms. The van der Waals surface area contributed by atoms with E-state index in [0.717, 1.165) is 43.2 Å². The van der Waals surface area contributed by atoms with E-state index in [2.05, 4.69) is 0 Å². The quantitative estimate of drug-likeness (QED) is 0.358. The summed E-state index contributed by atoms with van der Waals surface area (Å²) in [6.45, 7) is -0.222. The molecule has 3 nitrogen and oxygen atoms in total. The number of unbranched alkanes of at least 4 members (excludes halogenated alkanes) is 5. The lowest BCUT2D eigenvalue weighted by atomic mass is 9.99. The van der Waals surface area contributed by atoms with Gasteiger partial charge in [-0.05, 0) is 61.1 Å². The van der Waals surface area contributed by atoms with Gasteiger partial charge in [0.15, 0.2) is 0 Å². The molecule has 1 N–H and O–H groups in total. The molecular weight excluding hydrogens is 343 g/mol. The minimum Gasteiger partial charge on any atom is -0.478 e. The fourth-order valence-corrected chi connectivity index (χ4v) is 2.90. The molecule has 0 aromatic heterocycles. The Kier molecular flexibility index (Phi) is 9.11. The zero-order chi connectivity index (χ0) is 19.3. The summed E-state index contributed by atoms with van der Waals surface area (Å²) < 4.78 is 17.6. The number of benzene rings is 2. The van der Waals surface area contributed by atoms with E-state index in [9.17, 15) is 14.3 Å². The van der Waals surface area contributed by atoms with E-state index in [-0.39, 0.29) is 6.67 Å². The maximum absolute atomic E-state index is 12.0. The van der Waals surface area contributed by atoms with Gasteiger partial charge in [0.25, 0.3) is 0 Å². The SMILES string of the molecule is O=C(O)c1ccc(OC=CCCCCCCCF)cc1Cc1ccccc1. The summed E-state index contributed by atoms with van der Waals surface area (Å²) >= 11 is 0. The number of alkyl halides is 1. The Hall–Kier alpha value is -2.62. The van der Waals surface area contributed by atoms with Crippen molar-refractivity contribution in [1.82, 2.24) is 0 Å². The Morgan fingerprint density at radius 3 is 2.48 bits per heavy atom. The summed E-state index contributed by atoms with van der Waals surface area (Å²) in [5.41, 5.74) is 2.08. The molecule has 0 radical (unpaired) electrons. The van der Waals surface area contributed by atoms with Gasteiger partial charge < -0.3 is 9.84 Å². The fraction of sp³-hybridized carbons (Fsp3) is 0.348. The number of allylic oxidation sites excluding steroid dienone is 1. The molecule has 0 unspecified atom stereocenters. The van der Waals surface area contributed by atoms with Gasteiger partial charge in [-0.2, -0.15) is 0 Å². The zero-order valence-electron chi connectivity index (χ0n) is 15.6. The summed E-state index contributed by atoms with van der Waals surface area (Å²) in [6.07, 6.45) is 9.93. The van der Waals surface area contributed by atoms with Crippen LogP contribution in [0, 0.1) is 0 Å². The molecule has 0 fully saturated rings. The van der Waals surface area contributed by atoms with Crippen molar-refractivity contribution in [2.75, 3.05) is 6.67 Å². The van der Waals surface area contributed by atoms with Gasteiger partial charge in [0.05, 0.1) is 18.5 Å². The average molecular weight is 370 g/mol. The molecule has 0 spiro atoms. The van der Waals surface area contributed by atoms with E-state index in [1.165, 1.54) is 0 Å². The van der Waals surface area contributed by atoms with Gasteiger partial charge in [-0.3, -0.25) is 4.39 Å². The molecule has 0 aliphatic heterocycles. The van der Waals surface area contributed by atoms with Crippen LogP contribution in [0.4, 0.5) is 4.39 Å². The summed E-state index contributed by atoms with van der Waals surface area (Å²) in [7, 11) is 0. The van der Waals surface area contributed by atoms with Gasteiger partial charge in [-0.15, -0.1) is 0 Å². The first-order valence-corrected chi connectivity index (χ1v) is 9.48. The number of carbonyl (C=O) groups is 1. The fourth-order valence-electron chi connectivity index (χ4n) is 2.90. The summed E-state index contributed by atoms with van der Waals surface area (Å²) in [4.78, 5) is 11.5. The Morgan fingerprint density at radius 1 is 1.00 bits per heavy atom. The van der Waals surface area contributed by atoms with E-state index >= 15 is 0 Å². The number of ether oxygens (including phenoxy) is 1. The molecule has 2 aromatic carbocycles. The van der Waals surface area contributed by atoms with Gasteiger partial charge in [0.2, 0.25) is 0 Å². The first kappa shape index (κ1) is 20.7. The van der Waals surface area contributed by atoms with Crippen LogP contribution in [0.2, 0.25) is 0 Å². The third-order valence-electron chi connectivity index (χ3n) is 4.35. The van der Waals surface area contributed by atoms with E-state index < -0.39 is 5.97 Å². The average Bonchev–Trinajstić information content (AvgIpc) is 2.67. The molecule has 4 heteroatoms. The standard InChI is InChI=1S/C23H27FO3/c24-15-9-4-2-1-3-5-10-16-27-21-13-14-22(23(25)26)20(18-21)17-19-11-7-6-8-12-19/h6-8,10-14,16,18H,1-5,9,15,17H2,(H,25,26). The zero-order valence-corrected chi connectivity index (χ0v) is 15.6. The molecule has 2 rings (SSSR count). The highest BCUT2D eigenvalue weighted by atomic mass is 19.1. The van der Waals surface area contributed by atoms with Gasteiger partial charge >= 0.3 is 5.97 Å². The number of hydrogen-bond donors (Lipinski definition) is 1. The lowest BCUT2D eigenvalue weighted by Gasteiger charge is -2.09. The Bertz CT molecular complexity index is 726. The van der Waals surface area contributed by atoms with Crippen LogP contribution in [0.15, 0.2) is 60.9 Å². The van der Waals surface area contributed by atoms with Crippen LogP contribution < -0.4 is 4.74 Å². The third-order valence-corrected chi connectivity index (χ3v) is 4.35. The van der Waals surface area contributed by atoms with Crippen molar-refractivity contribution in [1.29, 1.82) is 0 Å². The van der Waals surface area contributed by atoms with Crippen molar-refractivity contribution in [3.63, 3.8) is 0 Å². The largest absolute Gasteiger partial charge is 0.478 e. The van der Waals surface area contributed by atoms with Crippen LogP contribution in [-0.4, -0.2) is 17.8 Å². The maximum atomic E-state index is 12.0. The van der Waals surface area contributed by atoms with Crippen molar-refractivity contribution in [3.8, 4) is 5.75 Å². The summed E-state index contributed by atoms with van der Waals surface area (Å²) in [6, 6.07) is 14.8. The molecular formula is C23H27FO3. The van der Waals surface area contributed by atoms with Gasteiger partial charge in [0.1, 0.15) is 5.75 Å². The number of carboxylic acids is 1. The molecule has 144 valence electrons. The first-order valence-electron chi connectivity index (χ1n) is 9.48. The van der Waals surface area contributed by atoms with Crippen LogP contribution in [0.3, 0.4) is 0 Å². The second kappa shape index (κ2) is 11.9. The highest BCUT2D eigenvalue weighted by Gasteiger charge is 2.11. The third kappa shape index (κ3) is 7.65. The molecule has 0 heterocycles. The second-order valence-corrected chi connectivity index (χ2v) is 6.52. The Labute approximate surface area is 160 Å². The molecule has 0 saturated carbocycles. The normalized spacial score (nSPS) is 11.0. The summed E-state index contributed by atoms with van der Waals surface area (Å²) in [5.74, 6) is -0.305. The molecule has 27 heavy (non-hydrogen) atoms. The predicted octanol–water partition coefficient (Wildman–Crippen LogP) is 6.18. The highest BCUT2D eigenvalue weighted by Crippen LogP contribution is 2.21. The van der Waals surface area contributed by atoms with Crippen LogP contribution in [0.25, 0.3) is 0 Å². The topological polar surface area (TPSA) is 46.5 Å². The predicted molar refractivity (Wildman–Crippen MR) is 106 cm³/mol. The monoisotopic (exact) mass is 370 g/mol. The van der Waals surface area contributed by atoms with Crippen LogP contribution in [0.1, 0.15) is 60.0 Å². The van der Waals surface area contributed by atoms with Gasteiger partial charge in [-0.25, -0.2) is 4.79 Å². The Morgan fingerprint density at radius 2 is 1.74 bits per heavy atom. The van der Waals surface area contributed by atoms with Crippen molar-refractivity contribution < 1.29 is 19.0 Å². The molecule has 2 aromatic rings. The van der Waals surface area contributed by atoms with Crippen LogP contribution in [0.5, 0.6) is 5.75 Å². The lowest BCUT2D eigenvalue weighted by Crippen LogP contribution is -2.03. The van der Waals surface area contributed by atoms with Crippen molar-refractivity contribution in [3.05, 3.63) is 77.6 Å². The minimum atomic E-state index is -0.934. The second-order valence-electron chi connectivity index (χ2n) is 6.52.